The molecular weight excluding hydrogens is 370 g/mol. The van der Waals surface area contributed by atoms with Crippen molar-refractivity contribution in [2.24, 2.45) is 0 Å². The first kappa shape index (κ1) is 19.6. The quantitative estimate of drug-likeness (QED) is 0.788. The minimum atomic E-state index is -0.0935. The fraction of sp³-hybridized carbons (Fsp3) is 0.524. The molecule has 2 aromatic heterocycles. The van der Waals surface area contributed by atoms with E-state index >= 15 is 0 Å². The van der Waals surface area contributed by atoms with E-state index in [1.807, 2.05) is 21.9 Å². The first-order valence-corrected chi connectivity index (χ1v) is 10.1. The number of nitrogens with zero attached hydrogens (tertiary/aromatic N) is 5. The lowest BCUT2D eigenvalue weighted by molar-refractivity contribution is 0.0661. The Kier molecular flexibility index (Phi) is 5.36. The molecule has 0 aliphatic carbocycles. The van der Waals surface area contributed by atoms with Gasteiger partial charge in [0.05, 0.1) is 23.0 Å². The van der Waals surface area contributed by atoms with E-state index in [9.17, 15) is 9.59 Å². The lowest BCUT2D eigenvalue weighted by atomic mass is 10.1. The first-order chi connectivity index (χ1) is 14.0. The highest BCUT2D eigenvalue weighted by molar-refractivity contribution is 5.96. The lowest BCUT2D eigenvalue weighted by Crippen LogP contribution is -2.47. The molecule has 8 nitrogen and oxygen atoms in total. The first-order valence-electron chi connectivity index (χ1n) is 10.1. The van der Waals surface area contributed by atoms with Gasteiger partial charge in [-0.1, -0.05) is 5.16 Å². The Morgan fingerprint density at radius 3 is 2.45 bits per heavy atom. The highest BCUT2D eigenvalue weighted by atomic mass is 16.5. The molecule has 2 fully saturated rings. The number of amides is 2. The highest BCUT2D eigenvalue weighted by Gasteiger charge is 2.34. The Hall–Kier alpha value is -2.74. The summed E-state index contributed by atoms with van der Waals surface area (Å²) < 4.78 is 5.17. The molecule has 0 bridgehead atoms. The Bertz CT molecular complexity index is 880. The van der Waals surface area contributed by atoms with Crippen LogP contribution < -0.4 is 0 Å². The van der Waals surface area contributed by atoms with Crippen molar-refractivity contribution in [2.75, 3.05) is 39.8 Å². The molecule has 2 aromatic rings. The van der Waals surface area contributed by atoms with Gasteiger partial charge in [0, 0.05) is 38.9 Å². The van der Waals surface area contributed by atoms with Crippen LogP contribution in [-0.4, -0.2) is 76.4 Å². The van der Waals surface area contributed by atoms with E-state index < -0.39 is 0 Å². The maximum atomic E-state index is 13.1. The van der Waals surface area contributed by atoms with Crippen molar-refractivity contribution in [3.8, 4) is 0 Å². The molecule has 1 atom stereocenters. The normalized spacial score (nSPS) is 20.3. The van der Waals surface area contributed by atoms with Gasteiger partial charge in [-0.15, -0.1) is 0 Å². The third-order valence-corrected chi connectivity index (χ3v) is 5.93. The summed E-state index contributed by atoms with van der Waals surface area (Å²) >= 11 is 0. The van der Waals surface area contributed by atoms with E-state index in [1.54, 1.807) is 20.0 Å². The Morgan fingerprint density at radius 1 is 1.07 bits per heavy atom. The Morgan fingerprint density at radius 2 is 1.83 bits per heavy atom. The fourth-order valence-electron chi connectivity index (χ4n) is 4.17. The fourth-order valence-corrected chi connectivity index (χ4v) is 4.17. The molecule has 2 aliphatic rings. The van der Waals surface area contributed by atoms with Crippen LogP contribution in [0, 0.1) is 13.8 Å². The zero-order chi connectivity index (χ0) is 20.5. The predicted molar refractivity (Wildman–Crippen MR) is 107 cm³/mol. The number of hydrogen-bond acceptors (Lipinski definition) is 6. The van der Waals surface area contributed by atoms with Gasteiger partial charge in [-0.25, -0.2) is 0 Å². The number of piperazine rings is 1. The van der Waals surface area contributed by atoms with Gasteiger partial charge in [0.2, 0.25) is 0 Å². The molecule has 8 heteroatoms. The molecule has 0 aromatic carbocycles. The molecule has 4 rings (SSSR count). The van der Waals surface area contributed by atoms with E-state index in [0.29, 0.717) is 29.1 Å². The zero-order valence-electron chi connectivity index (χ0n) is 17.2. The molecule has 0 unspecified atom stereocenters. The van der Waals surface area contributed by atoms with E-state index in [0.717, 1.165) is 44.7 Å². The maximum Gasteiger partial charge on any atom is 0.259 e. The average Bonchev–Trinajstić information content (AvgIpc) is 3.34. The third kappa shape index (κ3) is 3.76. The number of aromatic nitrogens is 2. The number of likely N-dealkylation sites (N-methyl/N-ethyl adjacent to an activating group) is 1. The van der Waals surface area contributed by atoms with Crippen LogP contribution in [0.2, 0.25) is 0 Å². The van der Waals surface area contributed by atoms with Crippen LogP contribution >= 0.6 is 0 Å². The van der Waals surface area contributed by atoms with Crippen LogP contribution in [-0.2, 0) is 0 Å². The van der Waals surface area contributed by atoms with Crippen LogP contribution in [0.4, 0.5) is 0 Å². The number of aryl methyl sites for hydroxylation is 2. The van der Waals surface area contributed by atoms with Gasteiger partial charge in [-0.3, -0.25) is 14.6 Å². The second kappa shape index (κ2) is 7.94. The van der Waals surface area contributed by atoms with Crippen molar-refractivity contribution in [1.82, 2.24) is 24.8 Å². The smallest absolute Gasteiger partial charge is 0.259 e. The minimum Gasteiger partial charge on any atom is -0.361 e. The second-order valence-corrected chi connectivity index (χ2v) is 7.92. The number of rotatable bonds is 3. The van der Waals surface area contributed by atoms with Gasteiger partial charge >= 0.3 is 0 Å². The van der Waals surface area contributed by atoms with E-state index in [1.165, 1.54) is 0 Å². The molecular formula is C21H27N5O3. The molecule has 2 saturated heterocycles. The van der Waals surface area contributed by atoms with Crippen molar-refractivity contribution >= 4 is 11.8 Å². The summed E-state index contributed by atoms with van der Waals surface area (Å²) in [5.74, 6) is 0.495. The predicted octanol–water partition coefficient (Wildman–Crippen LogP) is 2.05. The van der Waals surface area contributed by atoms with Crippen molar-refractivity contribution in [2.45, 2.75) is 32.7 Å². The molecule has 0 radical (unpaired) electrons. The monoisotopic (exact) mass is 397 g/mol. The Balaban J connectivity index is 1.49. The number of carbonyl (C=O) groups excluding carboxylic acids is 2. The third-order valence-electron chi connectivity index (χ3n) is 5.93. The van der Waals surface area contributed by atoms with Crippen molar-refractivity contribution in [3.63, 3.8) is 0 Å². The van der Waals surface area contributed by atoms with Crippen LogP contribution in [0.1, 0.15) is 56.7 Å². The van der Waals surface area contributed by atoms with Crippen molar-refractivity contribution in [1.29, 1.82) is 0 Å². The summed E-state index contributed by atoms with van der Waals surface area (Å²) in [4.78, 5) is 36.3. The largest absolute Gasteiger partial charge is 0.361 e. The zero-order valence-corrected chi connectivity index (χ0v) is 17.2. The molecule has 154 valence electrons. The van der Waals surface area contributed by atoms with Crippen LogP contribution in [0.5, 0.6) is 0 Å². The summed E-state index contributed by atoms with van der Waals surface area (Å²) in [6, 6.07) is 3.62. The van der Waals surface area contributed by atoms with Crippen molar-refractivity contribution < 1.29 is 14.1 Å². The SMILES string of the molecule is Cc1noc(C)c1C(=O)N1CCC[C@@H]1c1ccc(C(=O)N2CCN(C)CC2)cn1. The van der Waals surface area contributed by atoms with Crippen LogP contribution in [0.15, 0.2) is 22.9 Å². The van der Waals surface area contributed by atoms with E-state index in [-0.39, 0.29) is 17.9 Å². The van der Waals surface area contributed by atoms with Gasteiger partial charge in [0.25, 0.3) is 11.8 Å². The minimum absolute atomic E-state index is 0.0206. The lowest BCUT2D eigenvalue weighted by Gasteiger charge is -2.32. The van der Waals surface area contributed by atoms with Crippen LogP contribution in [0.25, 0.3) is 0 Å². The van der Waals surface area contributed by atoms with Gasteiger partial charge in [0.15, 0.2) is 0 Å². The van der Waals surface area contributed by atoms with Gasteiger partial charge in [-0.05, 0) is 45.9 Å². The summed E-state index contributed by atoms with van der Waals surface area (Å²) in [5, 5.41) is 3.90. The van der Waals surface area contributed by atoms with Gasteiger partial charge in [-0.2, -0.15) is 0 Å². The van der Waals surface area contributed by atoms with Gasteiger partial charge < -0.3 is 19.2 Å². The van der Waals surface area contributed by atoms with Crippen LogP contribution in [0.3, 0.4) is 0 Å². The highest BCUT2D eigenvalue weighted by Crippen LogP contribution is 2.33. The summed E-state index contributed by atoms with van der Waals surface area (Å²) in [5.41, 5.74) is 2.57. The molecule has 2 aliphatic heterocycles. The van der Waals surface area contributed by atoms with E-state index in [2.05, 4.69) is 22.1 Å². The number of pyridine rings is 1. The molecule has 2 amide bonds. The summed E-state index contributed by atoms with van der Waals surface area (Å²) in [6.07, 6.45) is 3.42. The topological polar surface area (TPSA) is 82.8 Å². The molecule has 0 saturated carbocycles. The number of likely N-dealkylation sites (tertiary alicyclic amines) is 1. The summed E-state index contributed by atoms with van der Waals surface area (Å²) in [7, 11) is 2.06. The molecule has 0 N–H and O–H groups in total. The second-order valence-electron chi connectivity index (χ2n) is 7.92. The maximum absolute atomic E-state index is 13.1. The van der Waals surface area contributed by atoms with E-state index in [4.69, 9.17) is 4.52 Å². The summed E-state index contributed by atoms with van der Waals surface area (Å²) in [6.45, 7) is 7.47. The molecule has 29 heavy (non-hydrogen) atoms. The molecule has 4 heterocycles. The Labute approximate surface area is 170 Å². The van der Waals surface area contributed by atoms with Gasteiger partial charge in [0.1, 0.15) is 11.3 Å². The number of carbonyl (C=O) groups is 2. The molecule has 0 spiro atoms. The average molecular weight is 397 g/mol. The standard InChI is InChI=1S/C21H27N5O3/c1-14-19(15(2)29-23-14)21(28)26-8-4-5-18(26)17-7-6-16(13-22-17)20(27)25-11-9-24(3)10-12-25/h6-7,13,18H,4-5,8-12H2,1-3H3/t18-/m1/s1. The number of hydrogen-bond donors (Lipinski definition) is 0. The van der Waals surface area contributed by atoms with Crippen molar-refractivity contribution in [3.05, 3.63) is 46.6 Å².